The van der Waals surface area contributed by atoms with Crippen molar-refractivity contribution < 1.29 is 27.4 Å². The van der Waals surface area contributed by atoms with Crippen LogP contribution in [0, 0.1) is 6.92 Å². The number of alkyl halides is 3. The van der Waals surface area contributed by atoms with Crippen LogP contribution < -0.4 is 4.74 Å². The Labute approximate surface area is 134 Å². The van der Waals surface area contributed by atoms with Gasteiger partial charge in [-0.25, -0.2) is 9.78 Å². The SMILES string of the molecule is CCOc1ccc(C(=O)O[C@H](c2nc(C)cs2)C(F)(F)F)cc1. The average molecular weight is 345 g/mol. The fourth-order valence-corrected chi connectivity index (χ4v) is 2.62. The molecule has 0 unspecified atom stereocenters. The van der Waals surface area contributed by atoms with Crippen molar-refractivity contribution in [2.24, 2.45) is 0 Å². The number of carbonyl (C=O) groups excluding carboxylic acids is 1. The highest BCUT2D eigenvalue weighted by Gasteiger charge is 2.46. The van der Waals surface area contributed by atoms with Crippen molar-refractivity contribution >= 4 is 17.3 Å². The number of hydrogen-bond donors (Lipinski definition) is 0. The van der Waals surface area contributed by atoms with Gasteiger partial charge in [0.05, 0.1) is 12.2 Å². The third-order valence-electron chi connectivity index (χ3n) is 2.78. The highest BCUT2D eigenvalue weighted by Crippen LogP contribution is 2.37. The van der Waals surface area contributed by atoms with Crippen LogP contribution in [0.15, 0.2) is 29.6 Å². The highest BCUT2D eigenvalue weighted by atomic mass is 32.1. The van der Waals surface area contributed by atoms with Gasteiger partial charge in [0, 0.05) is 11.1 Å². The van der Waals surface area contributed by atoms with E-state index in [0.717, 1.165) is 11.3 Å². The fraction of sp³-hybridized carbons (Fsp3) is 0.333. The summed E-state index contributed by atoms with van der Waals surface area (Å²) in [6.45, 7) is 3.82. The van der Waals surface area contributed by atoms with Crippen LogP contribution in [0.4, 0.5) is 13.2 Å². The van der Waals surface area contributed by atoms with Crippen molar-refractivity contribution in [1.29, 1.82) is 0 Å². The van der Waals surface area contributed by atoms with Crippen LogP contribution in [-0.4, -0.2) is 23.7 Å². The number of ether oxygens (including phenoxy) is 2. The summed E-state index contributed by atoms with van der Waals surface area (Å²) in [6.07, 6.45) is -7.11. The maximum absolute atomic E-state index is 13.1. The van der Waals surface area contributed by atoms with E-state index in [-0.39, 0.29) is 10.6 Å². The zero-order valence-corrected chi connectivity index (χ0v) is 13.2. The number of hydrogen-bond acceptors (Lipinski definition) is 5. The highest BCUT2D eigenvalue weighted by molar-refractivity contribution is 7.09. The first-order valence-corrected chi connectivity index (χ1v) is 7.61. The Bertz CT molecular complexity index is 667. The molecule has 0 spiro atoms. The molecule has 2 aromatic rings. The van der Waals surface area contributed by atoms with Gasteiger partial charge in [-0.3, -0.25) is 0 Å². The number of nitrogens with zero attached hydrogens (tertiary/aromatic N) is 1. The van der Waals surface area contributed by atoms with Crippen molar-refractivity contribution in [3.63, 3.8) is 0 Å². The van der Waals surface area contributed by atoms with Gasteiger partial charge in [0.25, 0.3) is 0 Å². The summed E-state index contributed by atoms with van der Waals surface area (Å²) in [6, 6.07) is 5.70. The smallest absolute Gasteiger partial charge is 0.432 e. The zero-order chi connectivity index (χ0) is 17.0. The number of thiazole rings is 1. The second-order valence-electron chi connectivity index (χ2n) is 4.61. The van der Waals surface area contributed by atoms with E-state index >= 15 is 0 Å². The number of carbonyl (C=O) groups is 1. The Morgan fingerprint density at radius 1 is 1.30 bits per heavy atom. The number of halogens is 3. The summed E-state index contributed by atoms with van der Waals surface area (Å²) in [5.41, 5.74) is 0.451. The van der Waals surface area contributed by atoms with Gasteiger partial charge in [0.15, 0.2) is 0 Å². The Kier molecular flexibility index (Phi) is 5.25. The van der Waals surface area contributed by atoms with E-state index in [0.29, 0.717) is 18.1 Å². The van der Waals surface area contributed by atoms with Crippen molar-refractivity contribution in [3.8, 4) is 5.75 Å². The van der Waals surface area contributed by atoms with Crippen LogP contribution in [0.3, 0.4) is 0 Å². The first-order chi connectivity index (χ1) is 10.8. The molecule has 0 saturated heterocycles. The van der Waals surface area contributed by atoms with E-state index in [9.17, 15) is 18.0 Å². The van der Waals surface area contributed by atoms with E-state index in [1.54, 1.807) is 13.8 Å². The minimum atomic E-state index is -4.73. The van der Waals surface area contributed by atoms with Gasteiger partial charge >= 0.3 is 12.1 Å². The average Bonchev–Trinajstić information content (AvgIpc) is 2.90. The Balaban J connectivity index is 2.17. The maximum atomic E-state index is 13.1. The van der Waals surface area contributed by atoms with Crippen LogP contribution in [0.2, 0.25) is 0 Å². The number of aryl methyl sites for hydroxylation is 1. The summed E-state index contributed by atoms with van der Waals surface area (Å²) in [5, 5.41) is 1.17. The molecule has 0 N–H and O–H groups in total. The van der Waals surface area contributed by atoms with E-state index in [2.05, 4.69) is 9.72 Å². The van der Waals surface area contributed by atoms with Gasteiger partial charge in [-0.1, -0.05) is 0 Å². The van der Waals surface area contributed by atoms with Gasteiger partial charge in [-0.15, -0.1) is 11.3 Å². The first kappa shape index (κ1) is 17.3. The molecule has 23 heavy (non-hydrogen) atoms. The number of esters is 1. The van der Waals surface area contributed by atoms with E-state index < -0.39 is 18.2 Å². The van der Waals surface area contributed by atoms with Crippen molar-refractivity contribution in [1.82, 2.24) is 4.98 Å². The molecule has 1 atom stereocenters. The summed E-state index contributed by atoms with van der Waals surface area (Å²) in [5.74, 6) is -0.546. The molecule has 8 heteroatoms. The van der Waals surface area contributed by atoms with E-state index in [1.165, 1.54) is 29.6 Å². The molecular weight excluding hydrogens is 331 g/mol. The minimum Gasteiger partial charge on any atom is -0.494 e. The number of aromatic nitrogens is 1. The molecule has 0 amide bonds. The lowest BCUT2D eigenvalue weighted by Crippen LogP contribution is -2.26. The zero-order valence-electron chi connectivity index (χ0n) is 12.4. The quantitative estimate of drug-likeness (QED) is 0.758. The Morgan fingerprint density at radius 3 is 2.43 bits per heavy atom. The summed E-state index contributed by atoms with van der Waals surface area (Å²) in [7, 11) is 0. The van der Waals surface area contributed by atoms with Crippen molar-refractivity contribution in [3.05, 3.63) is 45.9 Å². The lowest BCUT2D eigenvalue weighted by Gasteiger charge is -2.18. The predicted molar refractivity (Wildman–Crippen MR) is 78.7 cm³/mol. The topological polar surface area (TPSA) is 48.4 Å². The summed E-state index contributed by atoms with van der Waals surface area (Å²) >= 11 is 0.802. The monoisotopic (exact) mass is 345 g/mol. The van der Waals surface area contributed by atoms with Crippen LogP contribution in [0.25, 0.3) is 0 Å². The third-order valence-corrected chi connectivity index (χ3v) is 3.79. The summed E-state index contributed by atoms with van der Waals surface area (Å²) < 4.78 is 49.2. The molecule has 4 nitrogen and oxygen atoms in total. The van der Waals surface area contributed by atoms with Crippen molar-refractivity contribution in [2.75, 3.05) is 6.61 Å². The van der Waals surface area contributed by atoms with Crippen LogP contribution in [0.5, 0.6) is 5.75 Å². The molecule has 2 rings (SSSR count). The Hall–Kier alpha value is -2.09. The molecule has 1 aromatic carbocycles. The first-order valence-electron chi connectivity index (χ1n) is 6.74. The lowest BCUT2D eigenvalue weighted by molar-refractivity contribution is -0.207. The van der Waals surface area contributed by atoms with Gasteiger partial charge in [-0.2, -0.15) is 13.2 Å². The molecule has 0 bridgehead atoms. The van der Waals surface area contributed by atoms with Crippen molar-refractivity contribution in [2.45, 2.75) is 26.1 Å². The molecule has 0 fully saturated rings. The third kappa shape index (κ3) is 4.44. The molecule has 0 aliphatic rings. The molecule has 0 saturated carbocycles. The second-order valence-corrected chi connectivity index (χ2v) is 5.50. The van der Waals surface area contributed by atoms with Crippen LogP contribution in [-0.2, 0) is 4.74 Å². The normalized spacial score (nSPS) is 12.7. The lowest BCUT2D eigenvalue weighted by atomic mass is 10.2. The molecule has 0 aliphatic carbocycles. The Morgan fingerprint density at radius 2 is 1.96 bits per heavy atom. The fourth-order valence-electron chi connectivity index (χ4n) is 1.78. The molecule has 1 heterocycles. The molecule has 0 radical (unpaired) electrons. The number of rotatable bonds is 5. The van der Waals surface area contributed by atoms with E-state index in [1.807, 2.05) is 0 Å². The molecular formula is C15H14F3NO3S. The van der Waals surface area contributed by atoms with Gasteiger partial charge < -0.3 is 9.47 Å². The van der Waals surface area contributed by atoms with Gasteiger partial charge in [0.1, 0.15) is 10.8 Å². The molecule has 1 aromatic heterocycles. The standard InChI is InChI=1S/C15H14F3NO3S/c1-3-21-11-6-4-10(5-7-11)14(20)22-12(15(16,17)18)13-19-9(2)8-23-13/h4-8,12H,3H2,1-2H3/t12-/m1/s1. The predicted octanol–water partition coefficient (Wildman–Crippen LogP) is 4.31. The minimum absolute atomic E-state index is 0.0102. The molecule has 124 valence electrons. The number of benzene rings is 1. The van der Waals surface area contributed by atoms with Crippen LogP contribution >= 0.6 is 11.3 Å². The second kappa shape index (κ2) is 6.99. The largest absolute Gasteiger partial charge is 0.494 e. The maximum Gasteiger partial charge on any atom is 0.432 e. The summed E-state index contributed by atoms with van der Waals surface area (Å²) in [4.78, 5) is 15.7. The van der Waals surface area contributed by atoms with E-state index in [4.69, 9.17) is 4.74 Å². The van der Waals surface area contributed by atoms with Crippen LogP contribution in [0.1, 0.15) is 34.1 Å². The molecule has 0 aliphatic heterocycles. The van der Waals surface area contributed by atoms with Gasteiger partial charge in [-0.05, 0) is 38.1 Å². The van der Waals surface area contributed by atoms with Gasteiger partial charge in [0.2, 0.25) is 6.10 Å².